The summed E-state index contributed by atoms with van der Waals surface area (Å²) in [5.41, 5.74) is 2.10. The van der Waals surface area contributed by atoms with E-state index in [0.29, 0.717) is 16.4 Å². The lowest BCUT2D eigenvalue weighted by Crippen LogP contribution is -2.33. The minimum absolute atomic E-state index is 0.131. The number of nitrogens with zero attached hydrogens (tertiary/aromatic N) is 1. The molecule has 1 N–H and O–H groups in total. The number of carbonyl (C=O) groups is 4. The monoisotopic (exact) mass is 562 g/mol. The predicted molar refractivity (Wildman–Crippen MR) is 147 cm³/mol. The standard InChI is InChI=1S/C30H24Cl2N2O5/c31-23-10-9-19(14-24(23)32)33-25(35)15-39-30(38)17-7-4-8-20(11-17)34-28(36)26-18-12-21(16-5-2-1-3-6-16)22(13-18)27(26)29(34)37/h1-11,14,18,21-22,26-27H,12-13,15H2,(H,33,35)/t18-,21-,22+,26+,27+/m0/s1. The molecule has 0 aromatic heterocycles. The van der Waals surface area contributed by atoms with E-state index in [1.165, 1.54) is 28.7 Å². The van der Waals surface area contributed by atoms with Crippen LogP contribution in [0.1, 0.15) is 34.7 Å². The number of hydrogen-bond donors (Lipinski definition) is 1. The van der Waals surface area contributed by atoms with Crippen molar-refractivity contribution >= 4 is 58.3 Å². The van der Waals surface area contributed by atoms with Gasteiger partial charge >= 0.3 is 5.97 Å². The fraction of sp³-hybridized carbons (Fsp3) is 0.267. The molecule has 2 aliphatic carbocycles. The minimum Gasteiger partial charge on any atom is -0.452 e. The van der Waals surface area contributed by atoms with E-state index in [0.717, 1.165) is 12.8 Å². The van der Waals surface area contributed by atoms with Gasteiger partial charge in [0.25, 0.3) is 5.91 Å². The second kappa shape index (κ2) is 10.1. The van der Waals surface area contributed by atoms with E-state index >= 15 is 0 Å². The second-order valence-corrected chi connectivity index (χ2v) is 11.1. The fourth-order valence-corrected chi connectivity index (χ4v) is 6.85. The molecule has 39 heavy (non-hydrogen) atoms. The van der Waals surface area contributed by atoms with Crippen LogP contribution in [0.4, 0.5) is 11.4 Å². The van der Waals surface area contributed by atoms with Gasteiger partial charge in [0.15, 0.2) is 6.61 Å². The largest absolute Gasteiger partial charge is 0.452 e. The van der Waals surface area contributed by atoms with Crippen molar-refractivity contribution in [1.29, 1.82) is 0 Å². The first-order valence-electron chi connectivity index (χ1n) is 12.8. The van der Waals surface area contributed by atoms with Crippen molar-refractivity contribution in [3.05, 3.63) is 94.0 Å². The smallest absolute Gasteiger partial charge is 0.338 e. The van der Waals surface area contributed by atoms with E-state index in [-0.39, 0.29) is 52.0 Å². The van der Waals surface area contributed by atoms with Crippen LogP contribution in [0.2, 0.25) is 10.0 Å². The first-order valence-corrected chi connectivity index (χ1v) is 13.5. The van der Waals surface area contributed by atoms with Crippen molar-refractivity contribution in [1.82, 2.24) is 0 Å². The maximum atomic E-state index is 13.6. The number of benzene rings is 3. The Labute approximate surface area is 235 Å². The Kier molecular flexibility index (Phi) is 6.65. The summed E-state index contributed by atoms with van der Waals surface area (Å²) >= 11 is 11.8. The molecular weight excluding hydrogens is 539 g/mol. The number of rotatable bonds is 6. The first-order chi connectivity index (χ1) is 18.8. The van der Waals surface area contributed by atoms with Crippen LogP contribution in [0, 0.1) is 23.7 Å². The topological polar surface area (TPSA) is 92.8 Å². The lowest BCUT2D eigenvalue weighted by Gasteiger charge is -2.28. The number of nitrogens with one attached hydrogen (secondary N) is 1. The molecule has 3 aromatic rings. The zero-order valence-corrected chi connectivity index (χ0v) is 22.2. The van der Waals surface area contributed by atoms with Crippen molar-refractivity contribution in [2.75, 3.05) is 16.8 Å². The van der Waals surface area contributed by atoms with Crippen LogP contribution in [0.5, 0.6) is 0 Å². The SMILES string of the molecule is O=C(COC(=O)c1cccc(N2C(=O)[C@@H]3[C@@H]4C[C@@H]([C@H]3C2=O)[C@H](c2ccccc2)C4)c1)Nc1ccc(Cl)c(Cl)c1. The molecule has 6 rings (SSSR count). The van der Waals surface area contributed by atoms with Crippen molar-refractivity contribution in [2.24, 2.45) is 23.7 Å². The van der Waals surface area contributed by atoms with Crippen molar-refractivity contribution in [3.8, 4) is 0 Å². The molecule has 5 atom stereocenters. The van der Waals surface area contributed by atoms with Crippen LogP contribution in [-0.2, 0) is 19.1 Å². The summed E-state index contributed by atoms with van der Waals surface area (Å²) in [6.07, 6.45) is 1.79. The highest BCUT2D eigenvalue weighted by atomic mass is 35.5. The fourth-order valence-electron chi connectivity index (χ4n) is 6.55. The highest BCUT2D eigenvalue weighted by Crippen LogP contribution is 2.61. The van der Waals surface area contributed by atoms with Gasteiger partial charge in [-0.2, -0.15) is 0 Å². The van der Waals surface area contributed by atoms with Gasteiger partial charge in [0.2, 0.25) is 11.8 Å². The maximum absolute atomic E-state index is 13.6. The lowest BCUT2D eigenvalue weighted by molar-refractivity contribution is -0.123. The Hall–Kier alpha value is -3.68. The van der Waals surface area contributed by atoms with E-state index in [1.54, 1.807) is 24.3 Å². The number of anilines is 2. The number of esters is 1. The zero-order valence-electron chi connectivity index (χ0n) is 20.7. The van der Waals surface area contributed by atoms with Gasteiger partial charge in [0, 0.05) is 5.69 Å². The van der Waals surface area contributed by atoms with Gasteiger partial charge in [-0.1, -0.05) is 59.6 Å². The molecule has 1 aliphatic heterocycles. The zero-order chi connectivity index (χ0) is 27.3. The summed E-state index contributed by atoms with van der Waals surface area (Å²) in [5.74, 6) is -1.79. The molecule has 1 heterocycles. The molecule has 7 nitrogen and oxygen atoms in total. The summed E-state index contributed by atoms with van der Waals surface area (Å²) in [6, 6.07) is 21.0. The molecule has 3 aromatic carbocycles. The van der Waals surface area contributed by atoms with Crippen LogP contribution < -0.4 is 10.2 Å². The molecule has 0 radical (unpaired) electrons. The molecule has 198 valence electrons. The number of ether oxygens (including phenoxy) is 1. The van der Waals surface area contributed by atoms with Gasteiger partial charge in [-0.3, -0.25) is 19.3 Å². The summed E-state index contributed by atoms with van der Waals surface area (Å²) < 4.78 is 5.17. The third-order valence-corrected chi connectivity index (χ3v) is 8.86. The Morgan fingerprint density at radius 2 is 1.64 bits per heavy atom. The highest BCUT2D eigenvalue weighted by molar-refractivity contribution is 6.42. The van der Waals surface area contributed by atoms with Gasteiger partial charge in [-0.25, -0.2) is 4.79 Å². The average molecular weight is 563 g/mol. The predicted octanol–water partition coefficient (Wildman–Crippen LogP) is 5.72. The van der Waals surface area contributed by atoms with E-state index < -0.39 is 18.5 Å². The third kappa shape index (κ3) is 4.60. The van der Waals surface area contributed by atoms with Crippen LogP contribution in [0.15, 0.2) is 72.8 Å². The summed E-state index contributed by atoms with van der Waals surface area (Å²) in [5, 5.41) is 3.21. The molecule has 3 amide bonds. The van der Waals surface area contributed by atoms with E-state index in [1.807, 2.05) is 18.2 Å². The van der Waals surface area contributed by atoms with Crippen molar-refractivity contribution in [3.63, 3.8) is 0 Å². The quantitative estimate of drug-likeness (QED) is 0.306. The van der Waals surface area contributed by atoms with E-state index in [4.69, 9.17) is 27.9 Å². The molecular formula is C30H24Cl2N2O5. The molecule has 0 unspecified atom stereocenters. The number of carbonyl (C=O) groups excluding carboxylic acids is 4. The molecule has 0 spiro atoms. The second-order valence-electron chi connectivity index (χ2n) is 10.3. The van der Waals surface area contributed by atoms with Crippen molar-refractivity contribution in [2.45, 2.75) is 18.8 Å². The number of fused-ring (bicyclic) bond motifs is 5. The molecule has 2 bridgehead atoms. The third-order valence-electron chi connectivity index (χ3n) is 8.12. The molecule has 1 saturated heterocycles. The number of amides is 3. The Balaban J connectivity index is 1.13. The van der Waals surface area contributed by atoms with Gasteiger partial charge in [-0.15, -0.1) is 0 Å². The van der Waals surface area contributed by atoms with Gasteiger partial charge < -0.3 is 10.1 Å². The number of hydrogen-bond acceptors (Lipinski definition) is 5. The molecule has 9 heteroatoms. The normalized spacial score (nSPS) is 25.1. The van der Waals surface area contributed by atoms with Crippen LogP contribution in [0.25, 0.3) is 0 Å². The molecule has 3 fully saturated rings. The van der Waals surface area contributed by atoms with Gasteiger partial charge in [0.05, 0.1) is 33.1 Å². The van der Waals surface area contributed by atoms with Gasteiger partial charge in [0.1, 0.15) is 0 Å². The highest BCUT2D eigenvalue weighted by Gasteiger charge is 2.64. The average Bonchev–Trinajstić information content (AvgIpc) is 3.61. The van der Waals surface area contributed by atoms with E-state index in [9.17, 15) is 19.2 Å². The Morgan fingerprint density at radius 3 is 2.41 bits per heavy atom. The molecule has 3 aliphatic rings. The Morgan fingerprint density at radius 1 is 0.872 bits per heavy atom. The lowest BCUT2D eigenvalue weighted by atomic mass is 9.73. The maximum Gasteiger partial charge on any atom is 0.338 e. The van der Waals surface area contributed by atoms with Crippen molar-refractivity contribution < 1.29 is 23.9 Å². The summed E-state index contributed by atoms with van der Waals surface area (Å²) in [6.45, 7) is -0.529. The molecule has 2 saturated carbocycles. The van der Waals surface area contributed by atoms with Gasteiger partial charge in [-0.05, 0) is 72.6 Å². The Bertz CT molecular complexity index is 1490. The van der Waals surface area contributed by atoms with Crippen LogP contribution in [0.3, 0.4) is 0 Å². The first kappa shape index (κ1) is 25.6. The van der Waals surface area contributed by atoms with E-state index in [2.05, 4.69) is 17.4 Å². The minimum atomic E-state index is -0.746. The van der Waals surface area contributed by atoms with Crippen LogP contribution in [-0.4, -0.2) is 30.3 Å². The number of halogens is 2. The summed E-state index contributed by atoms with van der Waals surface area (Å²) in [4.78, 5) is 53.3. The summed E-state index contributed by atoms with van der Waals surface area (Å²) in [7, 11) is 0. The number of imide groups is 1. The van der Waals surface area contributed by atoms with Crippen LogP contribution >= 0.6 is 23.2 Å².